The Morgan fingerprint density at radius 2 is 1.70 bits per heavy atom. The Kier molecular flexibility index (Phi) is 5.62. The third-order valence-electron chi connectivity index (χ3n) is 4.68. The fraction of sp³-hybridized carbons (Fsp3) is 0.292. The van der Waals surface area contributed by atoms with E-state index in [1.807, 2.05) is 13.8 Å². The van der Waals surface area contributed by atoms with Gasteiger partial charge in [-0.05, 0) is 47.9 Å². The van der Waals surface area contributed by atoms with E-state index < -0.39 is 5.60 Å². The molecule has 0 heterocycles. The van der Waals surface area contributed by atoms with Crippen LogP contribution in [0.2, 0.25) is 0 Å². The summed E-state index contributed by atoms with van der Waals surface area (Å²) in [6, 6.07) is 19.0. The van der Waals surface area contributed by atoms with Crippen LogP contribution >= 0.6 is 0 Å². The van der Waals surface area contributed by atoms with Crippen molar-refractivity contribution in [1.29, 1.82) is 0 Å². The molecule has 27 heavy (non-hydrogen) atoms. The highest BCUT2D eigenvalue weighted by atomic mass is 16.6. The SMILES string of the molecule is C=C(C)C(=O)OC(C)(C)CCOCc1cccc2ccc3ccccc3c12. The highest BCUT2D eigenvalue weighted by Gasteiger charge is 2.23. The summed E-state index contributed by atoms with van der Waals surface area (Å²) in [5.41, 5.74) is 0.995. The summed E-state index contributed by atoms with van der Waals surface area (Å²) < 4.78 is 11.4. The summed E-state index contributed by atoms with van der Waals surface area (Å²) >= 11 is 0. The second-order valence-corrected chi connectivity index (χ2v) is 7.53. The largest absolute Gasteiger partial charge is 0.456 e. The quantitative estimate of drug-likeness (QED) is 0.231. The topological polar surface area (TPSA) is 35.5 Å². The highest BCUT2D eigenvalue weighted by Crippen LogP contribution is 2.29. The first-order chi connectivity index (χ1) is 12.9. The molecule has 0 radical (unpaired) electrons. The molecule has 0 bridgehead atoms. The Hall–Kier alpha value is -2.65. The molecule has 3 aromatic rings. The van der Waals surface area contributed by atoms with Crippen molar-refractivity contribution < 1.29 is 14.3 Å². The molecule has 0 atom stereocenters. The molecule has 3 aromatic carbocycles. The van der Waals surface area contributed by atoms with Crippen LogP contribution in [0.3, 0.4) is 0 Å². The van der Waals surface area contributed by atoms with Crippen molar-refractivity contribution in [2.24, 2.45) is 0 Å². The van der Waals surface area contributed by atoms with Gasteiger partial charge in [0, 0.05) is 12.0 Å². The first-order valence-corrected chi connectivity index (χ1v) is 9.23. The standard InChI is InChI=1S/C24H26O3/c1-17(2)23(25)27-24(3,4)14-15-26-16-20-10-7-9-19-13-12-18-8-5-6-11-21(18)22(19)20/h5-13H,1,14-16H2,2-4H3. The van der Waals surface area contributed by atoms with Gasteiger partial charge in [0.05, 0.1) is 13.2 Å². The highest BCUT2D eigenvalue weighted by molar-refractivity contribution is 6.09. The summed E-state index contributed by atoms with van der Waals surface area (Å²) in [5, 5.41) is 4.92. The molecule has 140 valence electrons. The number of carbonyl (C=O) groups is 1. The molecule has 0 aliphatic carbocycles. The van der Waals surface area contributed by atoms with Crippen LogP contribution in [0.4, 0.5) is 0 Å². The second kappa shape index (κ2) is 7.93. The molecule has 3 rings (SSSR count). The molecule has 3 nitrogen and oxygen atoms in total. The van der Waals surface area contributed by atoms with Crippen LogP contribution in [-0.2, 0) is 20.9 Å². The summed E-state index contributed by atoms with van der Waals surface area (Å²) in [4.78, 5) is 11.7. The molecule has 0 saturated heterocycles. The first kappa shape index (κ1) is 19.1. The van der Waals surface area contributed by atoms with Gasteiger partial charge in [-0.15, -0.1) is 0 Å². The van der Waals surface area contributed by atoms with Gasteiger partial charge in [-0.1, -0.05) is 61.2 Å². The molecular formula is C24H26O3. The minimum Gasteiger partial charge on any atom is -0.456 e. The van der Waals surface area contributed by atoms with Crippen molar-refractivity contribution in [2.75, 3.05) is 6.61 Å². The van der Waals surface area contributed by atoms with Crippen LogP contribution in [0, 0.1) is 0 Å². The van der Waals surface area contributed by atoms with Gasteiger partial charge < -0.3 is 9.47 Å². The number of esters is 1. The second-order valence-electron chi connectivity index (χ2n) is 7.53. The smallest absolute Gasteiger partial charge is 0.333 e. The van der Waals surface area contributed by atoms with Crippen molar-refractivity contribution in [3.63, 3.8) is 0 Å². The zero-order chi connectivity index (χ0) is 19.4. The fourth-order valence-corrected chi connectivity index (χ4v) is 3.15. The van der Waals surface area contributed by atoms with Crippen LogP contribution in [-0.4, -0.2) is 18.2 Å². The molecule has 0 spiro atoms. The Morgan fingerprint density at radius 1 is 1.00 bits per heavy atom. The normalized spacial score (nSPS) is 11.7. The molecule has 0 N–H and O–H groups in total. The van der Waals surface area contributed by atoms with Crippen LogP contribution in [0.15, 0.2) is 66.7 Å². The molecule has 0 aromatic heterocycles. The van der Waals surface area contributed by atoms with Gasteiger partial charge >= 0.3 is 5.97 Å². The maximum absolute atomic E-state index is 11.7. The lowest BCUT2D eigenvalue weighted by molar-refractivity contribution is -0.153. The molecule has 3 heteroatoms. The third kappa shape index (κ3) is 4.55. The van der Waals surface area contributed by atoms with Crippen molar-refractivity contribution in [2.45, 2.75) is 39.4 Å². The van der Waals surface area contributed by atoms with Crippen molar-refractivity contribution in [3.05, 3.63) is 72.3 Å². The molecule has 0 amide bonds. The molecule has 0 fully saturated rings. The summed E-state index contributed by atoms with van der Waals surface area (Å²) in [6.45, 7) is 10.1. The van der Waals surface area contributed by atoms with Gasteiger partial charge in [-0.25, -0.2) is 4.79 Å². The summed E-state index contributed by atoms with van der Waals surface area (Å²) in [6.07, 6.45) is 0.623. The van der Waals surface area contributed by atoms with E-state index in [-0.39, 0.29) is 5.97 Å². The van der Waals surface area contributed by atoms with E-state index in [2.05, 4.69) is 61.2 Å². The van der Waals surface area contributed by atoms with Crippen LogP contribution in [0.25, 0.3) is 21.5 Å². The molecule has 0 aliphatic heterocycles. The van der Waals surface area contributed by atoms with Crippen molar-refractivity contribution in [1.82, 2.24) is 0 Å². The van der Waals surface area contributed by atoms with Crippen molar-refractivity contribution >= 4 is 27.5 Å². The number of hydrogen-bond donors (Lipinski definition) is 0. The lowest BCUT2D eigenvalue weighted by atomic mass is 9.98. The number of hydrogen-bond acceptors (Lipinski definition) is 3. The van der Waals surface area contributed by atoms with E-state index in [1.165, 1.54) is 27.1 Å². The number of fused-ring (bicyclic) bond motifs is 3. The van der Waals surface area contributed by atoms with Crippen LogP contribution in [0.1, 0.15) is 32.8 Å². The number of rotatable bonds is 7. The molecule has 0 saturated carbocycles. The minimum absolute atomic E-state index is 0.361. The fourth-order valence-electron chi connectivity index (χ4n) is 3.15. The number of ether oxygens (including phenoxy) is 2. The Bertz CT molecular complexity index is 985. The van der Waals surface area contributed by atoms with Gasteiger partial charge in [0.1, 0.15) is 5.60 Å². The van der Waals surface area contributed by atoms with Gasteiger partial charge in [0.2, 0.25) is 0 Å². The average Bonchev–Trinajstić information content (AvgIpc) is 2.64. The predicted molar refractivity (Wildman–Crippen MR) is 111 cm³/mol. The van der Waals surface area contributed by atoms with E-state index in [4.69, 9.17) is 9.47 Å². The van der Waals surface area contributed by atoms with E-state index in [1.54, 1.807) is 6.92 Å². The maximum atomic E-state index is 11.7. The Morgan fingerprint density at radius 3 is 2.48 bits per heavy atom. The Balaban J connectivity index is 1.70. The molecular weight excluding hydrogens is 336 g/mol. The van der Waals surface area contributed by atoms with Gasteiger partial charge in [0.25, 0.3) is 0 Å². The lowest BCUT2D eigenvalue weighted by Crippen LogP contribution is -2.29. The lowest BCUT2D eigenvalue weighted by Gasteiger charge is -2.25. The number of carbonyl (C=O) groups excluding carboxylic acids is 1. The van der Waals surface area contributed by atoms with E-state index >= 15 is 0 Å². The van der Waals surface area contributed by atoms with Gasteiger partial charge in [-0.3, -0.25) is 0 Å². The summed E-state index contributed by atoms with van der Waals surface area (Å²) in [7, 11) is 0. The Labute approximate surface area is 160 Å². The third-order valence-corrected chi connectivity index (χ3v) is 4.68. The zero-order valence-corrected chi connectivity index (χ0v) is 16.2. The van der Waals surface area contributed by atoms with Crippen LogP contribution < -0.4 is 0 Å². The van der Waals surface area contributed by atoms with E-state index in [0.29, 0.717) is 25.2 Å². The molecule has 0 aliphatic rings. The molecule has 0 unspecified atom stereocenters. The minimum atomic E-state index is -0.582. The van der Waals surface area contributed by atoms with Crippen molar-refractivity contribution in [3.8, 4) is 0 Å². The van der Waals surface area contributed by atoms with E-state index in [9.17, 15) is 4.79 Å². The predicted octanol–water partition coefficient (Wildman–Crippen LogP) is 5.80. The maximum Gasteiger partial charge on any atom is 0.333 e. The van der Waals surface area contributed by atoms with Gasteiger partial charge in [-0.2, -0.15) is 0 Å². The van der Waals surface area contributed by atoms with E-state index in [0.717, 1.165) is 0 Å². The number of benzene rings is 3. The van der Waals surface area contributed by atoms with Crippen LogP contribution in [0.5, 0.6) is 0 Å². The first-order valence-electron chi connectivity index (χ1n) is 9.23. The monoisotopic (exact) mass is 362 g/mol. The summed E-state index contributed by atoms with van der Waals surface area (Å²) in [5.74, 6) is -0.361. The average molecular weight is 362 g/mol. The zero-order valence-electron chi connectivity index (χ0n) is 16.2. The van der Waals surface area contributed by atoms with Gasteiger partial charge in [0.15, 0.2) is 0 Å².